The largest absolute Gasteiger partial charge is 0.497 e. The predicted octanol–water partition coefficient (Wildman–Crippen LogP) is 2.84. The molecule has 1 aromatic carbocycles. The Balaban J connectivity index is 2.12. The molecule has 0 unspecified atom stereocenters. The van der Waals surface area contributed by atoms with E-state index in [0.29, 0.717) is 6.54 Å². The monoisotopic (exact) mass is 289 g/mol. The Kier molecular flexibility index (Phi) is 4.56. The molecule has 4 nitrogen and oxygen atoms in total. The van der Waals surface area contributed by atoms with E-state index >= 15 is 0 Å². The van der Waals surface area contributed by atoms with Crippen LogP contribution >= 0.6 is 0 Å². The highest BCUT2D eigenvalue weighted by molar-refractivity contribution is 5.83. The van der Waals surface area contributed by atoms with Crippen LogP contribution in [0, 0.1) is 5.92 Å². The topological polar surface area (TPSA) is 38.8 Å². The van der Waals surface area contributed by atoms with Crippen molar-refractivity contribution in [2.45, 2.75) is 19.3 Å². The van der Waals surface area contributed by atoms with Crippen LogP contribution in [0.2, 0.25) is 0 Å². The van der Waals surface area contributed by atoms with Crippen LogP contribution in [-0.4, -0.2) is 38.6 Å². The summed E-state index contributed by atoms with van der Waals surface area (Å²) in [5, 5.41) is 0. The molecule has 0 radical (unpaired) electrons. The minimum Gasteiger partial charge on any atom is -0.497 e. The second-order valence-electron chi connectivity index (χ2n) is 5.71. The van der Waals surface area contributed by atoms with Gasteiger partial charge >= 0.3 is 0 Å². The van der Waals surface area contributed by atoms with Crippen molar-refractivity contribution < 1.29 is 14.3 Å². The van der Waals surface area contributed by atoms with Gasteiger partial charge in [0.2, 0.25) is 5.91 Å². The van der Waals surface area contributed by atoms with Gasteiger partial charge in [0.1, 0.15) is 11.5 Å². The van der Waals surface area contributed by atoms with Gasteiger partial charge in [-0.25, -0.2) is 0 Å². The van der Waals surface area contributed by atoms with Crippen molar-refractivity contribution in [1.29, 1.82) is 0 Å². The lowest BCUT2D eigenvalue weighted by Crippen LogP contribution is -2.29. The maximum absolute atomic E-state index is 12.4. The number of rotatable bonds is 6. The van der Waals surface area contributed by atoms with E-state index in [4.69, 9.17) is 9.47 Å². The number of nitrogens with zero attached hydrogens (tertiary/aromatic N) is 1. The second-order valence-corrected chi connectivity index (χ2v) is 5.71. The number of benzene rings is 1. The highest BCUT2D eigenvalue weighted by atomic mass is 16.5. The normalized spacial score (nSPS) is 19.8. The molecule has 2 rings (SSSR count). The van der Waals surface area contributed by atoms with Crippen LogP contribution in [0.25, 0.3) is 0 Å². The first-order valence-corrected chi connectivity index (χ1v) is 7.09. The number of carbonyl (C=O) groups excluding carboxylic acids is 1. The van der Waals surface area contributed by atoms with Crippen LogP contribution in [0.4, 0.5) is 0 Å². The number of methoxy groups -OCH3 is 2. The van der Waals surface area contributed by atoms with Crippen LogP contribution in [0.3, 0.4) is 0 Å². The van der Waals surface area contributed by atoms with Gasteiger partial charge in [-0.1, -0.05) is 12.2 Å². The Hall–Kier alpha value is -1.97. The quantitative estimate of drug-likeness (QED) is 0.756. The fourth-order valence-electron chi connectivity index (χ4n) is 2.71. The summed E-state index contributed by atoms with van der Waals surface area (Å²) < 4.78 is 10.7. The van der Waals surface area contributed by atoms with E-state index in [0.717, 1.165) is 29.1 Å². The van der Waals surface area contributed by atoms with Crippen molar-refractivity contribution in [2.75, 3.05) is 27.8 Å². The summed E-state index contributed by atoms with van der Waals surface area (Å²) in [7, 11) is 5.12. The minimum absolute atomic E-state index is 0.0374. The summed E-state index contributed by atoms with van der Waals surface area (Å²) in [5.74, 6) is 2.04. The standard InChI is InChI=1S/C17H23NO3/c1-11(2)10-18(3)17(19)15-9-13(15)14-8-12(20-4)6-7-16(14)21-5/h6-8,13,15H,1,9-10H2,2-5H3/t13-,15-/m1/s1. The smallest absolute Gasteiger partial charge is 0.226 e. The summed E-state index contributed by atoms with van der Waals surface area (Å²) in [6.07, 6.45) is 0.864. The third kappa shape index (κ3) is 3.38. The van der Waals surface area contributed by atoms with Gasteiger partial charge in [-0.2, -0.15) is 0 Å². The van der Waals surface area contributed by atoms with E-state index in [-0.39, 0.29) is 17.7 Å². The average molecular weight is 289 g/mol. The molecule has 0 aliphatic heterocycles. The molecular formula is C17H23NO3. The van der Waals surface area contributed by atoms with E-state index in [1.165, 1.54) is 0 Å². The molecule has 0 spiro atoms. The summed E-state index contributed by atoms with van der Waals surface area (Å²) in [4.78, 5) is 14.1. The van der Waals surface area contributed by atoms with Gasteiger partial charge in [0, 0.05) is 31.0 Å². The van der Waals surface area contributed by atoms with Crippen molar-refractivity contribution in [3.8, 4) is 11.5 Å². The fourth-order valence-corrected chi connectivity index (χ4v) is 2.71. The van der Waals surface area contributed by atoms with E-state index in [1.54, 1.807) is 19.1 Å². The average Bonchev–Trinajstić information content (AvgIpc) is 3.25. The van der Waals surface area contributed by atoms with Crippen LogP contribution in [0.15, 0.2) is 30.4 Å². The van der Waals surface area contributed by atoms with Gasteiger partial charge in [0.05, 0.1) is 14.2 Å². The van der Waals surface area contributed by atoms with E-state index in [9.17, 15) is 4.79 Å². The van der Waals surface area contributed by atoms with Gasteiger partial charge in [0.15, 0.2) is 0 Å². The first kappa shape index (κ1) is 15.4. The zero-order valence-electron chi connectivity index (χ0n) is 13.2. The van der Waals surface area contributed by atoms with Gasteiger partial charge in [-0.3, -0.25) is 4.79 Å². The highest BCUT2D eigenvalue weighted by Crippen LogP contribution is 2.51. The zero-order chi connectivity index (χ0) is 15.6. The van der Waals surface area contributed by atoms with Gasteiger partial charge in [-0.15, -0.1) is 0 Å². The molecule has 21 heavy (non-hydrogen) atoms. The molecule has 0 N–H and O–H groups in total. The minimum atomic E-state index is 0.0374. The molecule has 1 fully saturated rings. The number of likely N-dealkylation sites (N-methyl/N-ethyl adjacent to an activating group) is 1. The molecule has 0 heterocycles. The van der Waals surface area contributed by atoms with Crippen LogP contribution in [0.1, 0.15) is 24.8 Å². The molecule has 0 saturated heterocycles. The third-order valence-corrected chi connectivity index (χ3v) is 3.83. The van der Waals surface area contributed by atoms with Crippen molar-refractivity contribution in [3.63, 3.8) is 0 Å². The Bertz CT molecular complexity index is 553. The summed E-state index contributed by atoms with van der Waals surface area (Å²) in [6.45, 7) is 6.39. The summed E-state index contributed by atoms with van der Waals surface area (Å²) >= 11 is 0. The molecule has 0 bridgehead atoms. The summed E-state index contributed by atoms with van der Waals surface area (Å²) in [6, 6.07) is 5.73. The molecule has 1 aliphatic rings. The Labute approximate surface area is 126 Å². The Morgan fingerprint density at radius 3 is 2.67 bits per heavy atom. The molecular weight excluding hydrogens is 266 g/mol. The molecule has 114 valence electrons. The lowest BCUT2D eigenvalue weighted by molar-refractivity contribution is -0.130. The Morgan fingerprint density at radius 1 is 1.38 bits per heavy atom. The number of amides is 1. The predicted molar refractivity (Wildman–Crippen MR) is 82.8 cm³/mol. The fraction of sp³-hybridized carbons (Fsp3) is 0.471. The van der Waals surface area contributed by atoms with Crippen molar-refractivity contribution in [3.05, 3.63) is 35.9 Å². The molecule has 0 aromatic heterocycles. The highest BCUT2D eigenvalue weighted by Gasteiger charge is 2.46. The third-order valence-electron chi connectivity index (χ3n) is 3.83. The zero-order valence-corrected chi connectivity index (χ0v) is 13.2. The van der Waals surface area contributed by atoms with E-state index in [2.05, 4.69) is 6.58 Å². The molecule has 1 aromatic rings. The first-order chi connectivity index (χ1) is 9.97. The second kappa shape index (κ2) is 6.20. The van der Waals surface area contributed by atoms with E-state index < -0.39 is 0 Å². The van der Waals surface area contributed by atoms with Crippen LogP contribution in [-0.2, 0) is 4.79 Å². The maximum Gasteiger partial charge on any atom is 0.226 e. The molecule has 1 saturated carbocycles. The van der Waals surface area contributed by atoms with Crippen molar-refractivity contribution >= 4 is 5.91 Å². The number of hydrogen-bond acceptors (Lipinski definition) is 3. The number of carbonyl (C=O) groups is 1. The maximum atomic E-state index is 12.4. The number of ether oxygens (including phenoxy) is 2. The molecule has 2 atom stereocenters. The molecule has 1 aliphatic carbocycles. The SMILES string of the molecule is C=C(C)CN(C)C(=O)[C@@H]1C[C@@H]1c1cc(OC)ccc1OC. The van der Waals surface area contributed by atoms with Crippen LogP contribution in [0.5, 0.6) is 11.5 Å². The lowest BCUT2D eigenvalue weighted by atomic mass is 10.1. The number of hydrogen-bond donors (Lipinski definition) is 0. The van der Waals surface area contributed by atoms with Gasteiger partial charge in [0.25, 0.3) is 0 Å². The molecule has 4 heteroatoms. The van der Waals surface area contributed by atoms with Crippen LogP contribution < -0.4 is 9.47 Å². The van der Waals surface area contributed by atoms with Crippen molar-refractivity contribution in [2.24, 2.45) is 5.92 Å². The van der Waals surface area contributed by atoms with Gasteiger partial charge < -0.3 is 14.4 Å². The Morgan fingerprint density at radius 2 is 2.10 bits per heavy atom. The van der Waals surface area contributed by atoms with Crippen molar-refractivity contribution in [1.82, 2.24) is 4.90 Å². The summed E-state index contributed by atoms with van der Waals surface area (Å²) in [5.41, 5.74) is 2.04. The van der Waals surface area contributed by atoms with E-state index in [1.807, 2.05) is 32.2 Å². The van der Waals surface area contributed by atoms with Gasteiger partial charge in [-0.05, 0) is 31.5 Å². The lowest BCUT2D eigenvalue weighted by Gasteiger charge is -2.17. The molecule has 1 amide bonds. The first-order valence-electron chi connectivity index (χ1n) is 7.09.